The number of thioether (sulfide) groups is 1. The average molecular weight is 410 g/mol. The summed E-state index contributed by atoms with van der Waals surface area (Å²) < 4.78 is 10.3. The van der Waals surface area contributed by atoms with E-state index in [1.807, 2.05) is 31.2 Å². The number of carbonyl (C=O) groups is 2. The Bertz CT molecular complexity index is 771. The summed E-state index contributed by atoms with van der Waals surface area (Å²) in [6.45, 7) is 5.73. The van der Waals surface area contributed by atoms with Crippen molar-refractivity contribution in [3.8, 4) is 0 Å². The molecule has 1 heterocycles. The van der Waals surface area contributed by atoms with Crippen LogP contribution < -0.4 is 5.32 Å². The smallest absolute Gasteiger partial charge is 0.336 e. The molecule has 0 saturated heterocycles. The zero-order valence-corrected chi connectivity index (χ0v) is 17.5. The number of carbonyl (C=O) groups excluding carboxylic acids is 2. The van der Waals surface area contributed by atoms with E-state index in [2.05, 4.69) is 5.32 Å². The monoisotopic (exact) mass is 409 g/mol. The van der Waals surface area contributed by atoms with Gasteiger partial charge < -0.3 is 14.8 Å². The molecule has 0 bridgehead atoms. The van der Waals surface area contributed by atoms with Gasteiger partial charge in [0.15, 0.2) is 0 Å². The number of methoxy groups -OCH3 is 1. The molecule has 0 fully saturated rings. The van der Waals surface area contributed by atoms with Crippen LogP contribution in [-0.4, -0.2) is 31.4 Å². The predicted molar refractivity (Wildman–Crippen MR) is 107 cm³/mol. The summed E-state index contributed by atoms with van der Waals surface area (Å²) in [4.78, 5) is 25.7. The first-order chi connectivity index (χ1) is 12.8. The summed E-state index contributed by atoms with van der Waals surface area (Å²) in [5, 5.41) is 3.79. The molecule has 1 N–H and O–H groups in total. The molecule has 1 aliphatic rings. The zero-order chi connectivity index (χ0) is 20.0. The Morgan fingerprint density at radius 3 is 2.30 bits per heavy atom. The average Bonchev–Trinajstić information content (AvgIpc) is 2.62. The van der Waals surface area contributed by atoms with Crippen molar-refractivity contribution in [2.75, 3.05) is 19.5 Å². The quantitative estimate of drug-likeness (QED) is 0.411. The maximum absolute atomic E-state index is 12.5. The molecule has 0 spiro atoms. The van der Waals surface area contributed by atoms with Gasteiger partial charge in [-0.3, -0.25) is 0 Å². The first kappa shape index (κ1) is 21.4. The van der Waals surface area contributed by atoms with Gasteiger partial charge >= 0.3 is 11.9 Å². The Labute approximate surface area is 169 Å². The Balaban J connectivity index is 1.86. The van der Waals surface area contributed by atoms with Gasteiger partial charge in [0.2, 0.25) is 0 Å². The predicted octanol–water partition coefficient (Wildman–Crippen LogP) is 4.33. The van der Waals surface area contributed by atoms with Crippen LogP contribution in [0, 0.1) is 5.92 Å². The van der Waals surface area contributed by atoms with E-state index in [1.165, 1.54) is 7.11 Å². The molecule has 27 heavy (non-hydrogen) atoms. The van der Waals surface area contributed by atoms with Gasteiger partial charge in [-0.15, -0.1) is 11.8 Å². The number of allylic oxidation sites excluding steroid dienone is 2. The van der Waals surface area contributed by atoms with E-state index in [4.69, 9.17) is 21.1 Å². The summed E-state index contributed by atoms with van der Waals surface area (Å²) in [5.74, 6) is -0.398. The molecule has 1 aliphatic heterocycles. The second-order valence-corrected chi connectivity index (χ2v) is 7.81. The van der Waals surface area contributed by atoms with E-state index in [1.54, 1.807) is 25.6 Å². The Hall–Kier alpha value is -1.92. The van der Waals surface area contributed by atoms with Crippen molar-refractivity contribution in [2.45, 2.75) is 32.1 Å². The molecule has 5 nitrogen and oxygen atoms in total. The molecule has 2 rings (SSSR count). The summed E-state index contributed by atoms with van der Waals surface area (Å²) in [7, 11) is 1.33. The van der Waals surface area contributed by atoms with Crippen molar-refractivity contribution < 1.29 is 19.1 Å². The first-order valence-corrected chi connectivity index (χ1v) is 10.0. The van der Waals surface area contributed by atoms with Crippen molar-refractivity contribution in [2.24, 2.45) is 5.92 Å². The number of rotatable bonds is 7. The van der Waals surface area contributed by atoms with Crippen LogP contribution in [0.25, 0.3) is 0 Å². The highest BCUT2D eigenvalue weighted by Gasteiger charge is 2.33. The lowest BCUT2D eigenvalue weighted by molar-refractivity contribution is -0.139. The number of ether oxygens (including phenoxy) is 2. The molecule has 1 aromatic carbocycles. The van der Waals surface area contributed by atoms with Gasteiger partial charge in [-0.1, -0.05) is 18.5 Å². The molecule has 7 heteroatoms. The van der Waals surface area contributed by atoms with Gasteiger partial charge in [0.1, 0.15) is 0 Å². The van der Waals surface area contributed by atoms with Crippen molar-refractivity contribution in [3.05, 3.63) is 51.8 Å². The molecule has 0 aliphatic carbocycles. The van der Waals surface area contributed by atoms with Crippen molar-refractivity contribution in [1.82, 2.24) is 5.32 Å². The fourth-order valence-electron chi connectivity index (χ4n) is 3.00. The SMILES string of the molecule is COC(=O)C1=C(C)NC(C)=C(C(=O)OCCCSc2ccc(Cl)cc2)C1C. The second kappa shape index (κ2) is 9.85. The van der Waals surface area contributed by atoms with Crippen LogP contribution in [0.2, 0.25) is 5.02 Å². The lowest BCUT2D eigenvalue weighted by Crippen LogP contribution is -2.32. The molecule has 0 amide bonds. The summed E-state index contributed by atoms with van der Waals surface area (Å²) in [6, 6.07) is 7.63. The van der Waals surface area contributed by atoms with Crippen LogP contribution in [0.5, 0.6) is 0 Å². The number of benzene rings is 1. The van der Waals surface area contributed by atoms with Crippen LogP contribution >= 0.6 is 23.4 Å². The number of esters is 2. The van der Waals surface area contributed by atoms with E-state index >= 15 is 0 Å². The number of hydrogen-bond donors (Lipinski definition) is 1. The van der Waals surface area contributed by atoms with Crippen LogP contribution in [0.1, 0.15) is 27.2 Å². The van der Waals surface area contributed by atoms with Crippen molar-refractivity contribution in [3.63, 3.8) is 0 Å². The Kier molecular flexibility index (Phi) is 7.80. The van der Waals surface area contributed by atoms with E-state index in [0.717, 1.165) is 17.1 Å². The number of hydrogen-bond acceptors (Lipinski definition) is 6. The third-order valence-electron chi connectivity index (χ3n) is 4.28. The first-order valence-electron chi connectivity index (χ1n) is 8.67. The van der Waals surface area contributed by atoms with Crippen LogP contribution in [0.3, 0.4) is 0 Å². The molecule has 1 atom stereocenters. The van der Waals surface area contributed by atoms with Gasteiger partial charge in [-0.2, -0.15) is 0 Å². The standard InChI is InChI=1S/C20H24ClNO4S/c1-12-17(19(23)25-4)13(2)22-14(3)18(12)20(24)26-10-5-11-27-16-8-6-15(21)7-9-16/h6-9,12,22H,5,10-11H2,1-4H3. The highest BCUT2D eigenvalue weighted by Crippen LogP contribution is 2.30. The Morgan fingerprint density at radius 2 is 1.70 bits per heavy atom. The maximum Gasteiger partial charge on any atom is 0.336 e. The minimum Gasteiger partial charge on any atom is -0.466 e. The summed E-state index contributed by atoms with van der Waals surface area (Å²) in [6.07, 6.45) is 0.728. The maximum atomic E-state index is 12.5. The van der Waals surface area contributed by atoms with Crippen LogP contribution in [-0.2, 0) is 19.1 Å². The molecule has 0 saturated carbocycles. The van der Waals surface area contributed by atoms with Gasteiger partial charge in [-0.25, -0.2) is 9.59 Å². The van der Waals surface area contributed by atoms with Gasteiger partial charge in [0.25, 0.3) is 0 Å². The third kappa shape index (κ3) is 5.53. The van der Waals surface area contributed by atoms with Crippen LogP contribution in [0.15, 0.2) is 51.7 Å². The second-order valence-electron chi connectivity index (χ2n) is 6.21. The van der Waals surface area contributed by atoms with Gasteiger partial charge in [0, 0.05) is 33.0 Å². The number of halogens is 1. The van der Waals surface area contributed by atoms with Gasteiger partial charge in [0.05, 0.1) is 24.9 Å². The van der Waals surface area contributed by atoms with E-state index in [9.17, 15) is 9.59 Å². The summed E-state index contributed by atoms with van der Waals surface area (Å²) >= 11 is 7.55. The zero-order valence-electron chi connectivity index (χ0n) is 15.9. The fourth-order valence-corrected chi connectivity index (χ4v) is 3.95. The fraction of sp³-hybridized carbons (Fsp3) is 0.400. The molecule has 0 radical (unpaired) electrons. The molecule has 146 valence electrons. The van der Waals surface area contributed by atoms with Gasteiger partial charge in [-0.05, 0) is 44.5 Å². The molecule has 1 unspecified atom stereocenters. The number of nitrogens with one attached hydrogen (secondary N) is 1. The highest BCUT2D eigenvalue weighted by molar-refractivity contribution is 7.99. The largest absolute Gasteiger partial charge is 0.466 e. The Morgan fingerprint density at radius 1 is 1.11 bits per heavy atom. The molecular formula is C20H24ClNO4S. The molecule has 1 aromatic rings. The van der Waals surface area contributed by atoms with Crippen molar-refractivity contribution >= 4 is 35.3 Å². The normalized spacial score (nSPS) is 16.9. The lowest BCUT2D eigenvalue weighted by atomic mass is 9.87. The highest BCUT2D eigenvalue weighted by atomic mass is 35.5. The van der Waals surface area contributed by atoms with E-state index in [-0.39, 0.29) is 5.92 Å². The summed E-state index contributed by atoms with van der Waals surface area (Å²) in [5.41, 5.74) is 2.32. The topological polar surface area (TPSA) is 64.6 Å². The van der Waals surface area contributed by atoms with Crippen LogP contribution in [0.4, 0.5) is 0 Å². The minimum atomic E-state index is -0.440. The minimum absolute atomic E-state index is 0.319. The van der Waals surface area contributed by atoms with Crippen molar-refractivity contribution in [1.29, 1.82) is 0 Å². The van der Waals surface area contributed by atoms with E-state index < -0.39 is 11.9 Å². The number of dihydropyridines is 1. The van der Waals surface area contributed by atoms with E-state index in [0.29, 0.717) is 34.2 Å². The third-order valence-corrected chi connectivity index (χ3v) is 5.63. The molecule has 0 aromatic heterocycles. The lowest BCUT2D eigenvalue weighted by Gasteiger charge is -2.27. The molecular weight excluding hydrogens is 386 g/mol.